The van der Waals surface area contributed by atoms with Gasteiger partial charge in [0.1, 0.15) is 0 Å². The lowest BCUT2D eigenvalue weighted by atomic mass is 10.3. The second-order valence-corrected chi connectivity index (χ2v) is 3.70. The number of nitrogens with zero attached hydrogens (tertiary/aromatic N) is 1. The van der Waals surface area contributed by atoms with Gasteiger partial charge in [0.15, 0.2) is 0 Å². The first kappa shape index (κ1) is 13.9. The maximum absolute atomic E-state index is 11.4. The zero-order valence-corrected chi connectivity index (χ0v) is 9.92. The first-order valence-corrected chi connectivity index (χ1v) is 5.50. The molecule has 1 aromatic rings. The number of hydrogen-bond donors (Lipinski definition) is 3. The number of anilines is 1. The van der Waals surface area contributed by atoms with Crippen LogP contribution in [0.1, 0.15) is 13.3 Å². The third-order valence-electron chi connectivity index (χ3n) is 2.31. The van der Waals surface area contributed by atoms with Crippen molar-refractivity contribution in [2.75, 3.05) is 11.9 Å². The highest BCUT2D eigenvalue weighted by molar-refractivity contribution is 5.89. The van der Waals surface area contributed by atoms with E-state index in [1.165, 1.54) is 24.3 Å². The minimum atomic E-state index is -0.576. The van der Waals surface area contributed by atoms with Crippen LogP contribution < -0.4 is 10.6 Å². The summed E-state index contributed by atoms with van der Waals surface area (Å²) in [5, 5.41) is 24.7. The van der Waals surface area contributed by atoms with Crippen LogP contribution in [0.4, 0.5) is 16.2 Å². The first-order chi connectivity index (χ1) is 8.52. The SMILES string of the molecule is CCC(O)CNC(=O)Nc1ccc([N+](=O)[O-])cc1. The van der Waals surface area contributed by atoms with E-state index in [2.05, 4.69) is 10.6 Å². The Labute approximate surface area is 104 Å². The summed E-state index contributed by atoms with van der Waals surface area (Å²) in [7, 11) is 0. The summed E-state index contributed by atoms with van der Waals surface area (Å²) < 4.78 is 0. The largest absolute Gasteiger partial charge is 0.391 e. The number of amides is 2. The molecule has 0 bridgehead atoms. The molecule has 0 spiro atoms. The number of rotatable bonds is 5. The van der Waals surface area contributed by atoms with E-state index in [1.54, 1.807) is 6.92 Å². The Balaban J connectivity index is 2.47. The smallest absolute Gasteiger partial charge is 0.319 e. The van der Waals surface area contributed by atoms with Gasteiger partial charge in [-0.15, -0.1) is 0 Å². The third kappa shape index (κ3) is 4.38. The molecule has 18 heavy (non-hydrogen) atoms. The lowest BCUT2D eigenvalue weighted by Gasteiger charge is -2.10. The van der Waals surface area contributed by atoms with Gasteiger partial charge >= 0.3 is 6.03 Å². The zero-order valence-electron chi connectivity index (χ0n) is 9.92. The Bertz CT molecular complexity index is 419. The van der Waals surface area contributed by atoms with Gasteiger partial charge in [0, 0.05) is 24.4 Å². The number of nitro benzene ring substituents is 1. The molecule has 0 radical (unpaired) electrons. The van der Waals surface area contributed by atoms with Crippen LogP contribution in [-0.4, -0.2) is 28.7 Å². The summed E-state index contributed by atoms with van der Waals surface area (Å²) in [5.74, 6) is 0. The molecule has 2 amide bonds. The van der Waals surface area contributed by atoms with Crippen LogP contribution in [0, 0.1) is 10.1 Å². The lowest BCUT2D eigenvalue weighted by molar-refractivity contribution is -0.384. The van der Waals surface area contributed by atoms with Crippen molar-refractivity contribution in [3.63, 3.8) is 0 Å². The van der Waals surface area contributed by atoms with E-state index >= 15 is 0 Å². The molecular formula is C11H15N3O4. The van der Waals surface area contributed by atoms with Gasteiger partial charge < -0.3 is 15.7 Å². The Hall–Kier alpha value is -2.15. The van der Waals surface area contributed by atoms with Crippen molar-refractivity contribution in [3.8, 4) is 0 Å². The van der Waals surface area contributed by atoms with Gasteiger partial charge in [-0.1, -0.05) is 6.92 Å². The summed E-state index contributed by atoms with van der Waals surface area (Å²) in [5.41, 5.74) is 0.409. The van der Waals surface area contributed by atoms with E-state index < -0.39 is 17.1 Å². The van der Waals surface area contributed by atoms with E-state index in [4.69, 9.17) is 0 Å². The number of urea groups is 1. The number of nitrogens with one attached hydrogen (secondary N) is 2. The van der Waals surface area contributed by atoms with Gasteiger partial charge in [-0.25, -0.2) is 4.79 Å². The molecule has 0 saturated heterocycles. The lowest BCUT2D eigenvalue weighted by Crippen LogP contribution is -2.34. The zero-order chi connectivity index (χ0) is 13.5. The average Bonchev–Trinajstić information content (AvgIpc) is 2.36. The van der Waals surface area contributed by atoms with Crippen LogP contribution >= 0.6 is 0 Å². The normalized spacial score (nSPS) is 11.7. The van der Waals surface area contributed by atoms with Crippen LogP contribution in [0.5, 0.6) is 0 Å². The molecule has 0 aliphatic heterocycles. The summed E-state index contributed by atoms with van der Waals surface area (Å²) in [6.45, 7) is 1.97. The number of aliphatic hydroxyl groups excluding tert-OH is 1. The Kier molecular flexibility index (Phi) is 5.06. The average molecular weight is 253 g/mol. The molecule has 0 saturated carbocycles. The van der Waals surface area contributed by atoms with Crippen molar-refractivity contribution in [2.24, 2.45) is 0 Å². The standard InChI is InChI=1S/C11H15N3O4/c1-2-10(15)7-12-11(16)13-8-3-5-9(6-4-8)14(17)18/h3-6,10,15H,2,7H2,1H3,(H2,12,13,16). The van der Waals surface area contributed by atoms with Gasteiger partial charge in [0.05, 0.1) is 11.0 Å². The van der Waals surface area contributed by atoms with Gasteiger partial charge in [0.25, 0.3) is 5.69 Å². The number of benzene rings is 1. The molecule has 7 nitrogen and oxygen atoms in total. The number of nitro groups is 1. The molecule has 0 aliphatic carbocycles. The number of carbonyl (C=O) groups excluding carboxylic acids is 1. The fraction of sp³-hybridized carbons (Fsp3) is 0.364. The summed E-state index contributed by atoms with van der Waals surface area (Å²) >= 11 is 0. The molecule has 98 valence electrons. The van der Waals surface area contributed by atoms with E-state index in [-0.39, 0.29) is 12.2 Å². The number of non-ortho nitro benzene ring substituents is 1. The molecule has 0 aromatic heterocycles. The van der Waals surface area contributed by atoms with Crippen LogP contribution in [0.15, 0.2) is 24.3 Å². The minimum absolute atomic E-state index is 0.0395. The Morgan fingerprint density at radius 3 is 2.56 bits per heavy atom. The summed E-state index contributed by atoms with van der Waals surface area (Å²) in [6, 6.07) is 5.02. The summed E-state index contributed by atoms with van der Waals surface area (Å²) in [4.78, 5) is 21.3. The molecule has 1 rings (SSSR count). The van der Waals surface area contributed by atoms with Crippen molar-refractivity contribution >= 4 is 17.4 Å². The Morgan fingerprint density at radius 1 is 1.44 bits per heavy atom. The fourth-order valence-electron chi connectivity index (χ4n) is 1.20. The molecule has 1 atom stereocenters. The number of hydrogen-bond acceptors (Lipinski definition) is 4. The van der Waals surface area contributed by atoms with Crippen LogP contribution in [0.2, 0.25) is 0 Å². The second kappa shape index (κ2) is 6.55. The predicted octanol–water partition coefficient (Wildman–Crippen LogP) is 1.49. The minimum Gasteiger partial charge on any atom is -0.391 e. The first-order valence-electron chi connectivity index (χ1n) is 5.50. The molecule has 3 N–H and O–H groups in total. The van der Waals surface area contributed by atoms with Gasteiger partial charge in [-0.2, -0.15) is 0 Å². The molecule has 7 heteroatoms. The van der Waals surface area contributed by atoms with Crippen molar-refractivity contribution in [1.29, 1.82) is 0 Å². The van der Waals surface area contributed by atoms with Crippen LogP contribution in [-0.2, 0) is 0 Å². The topological polar surface area (TPSA) is 104 Å². The van der Waals surface area contributed by atoms with Crippen LogP contribution in [0.3, 0.4) is 0 Å². The molecule has 1 aromatic carbocycles. The highest BCUT2D eigenvalue weighted by Crippen LogP contribution is 2.15. The Morgan fingerprint density at radius 2 is 2.06 bits per heavy atom. The molecular weight excluding hydrogens is 238 g/mol. The van der Waals surface area contributed by atoms with E-state index in [0.29, 0.717) is 12.1 Å². The van der Waals surface area contributed by atoms with Gasteiger partial charge in [-0.3, -0.25) is 10.1 Å². The van der Waals surface area contributed by atoms with Crippen LogP contribution in [0.25, 0.3) is 0 Å². The van der Waals surface area contributed by atoms with Crippen molar-refractivity contribution in [2.45, 2.75) is 19.4 Å². The van der Waals surface area contributed by atoms with Crippen molar-refractivity contribution in [3.05, 3.63) is 34.4 Å². The third-order valence-corrected chi connectivity index (χ3v) is 2.31. The molecule has 0 fully saturated rings. The monoisotopic (exact) mass is 253 g/mol. The van der Waals surface area contributed by atoms with Gasteiger partial charge in [0.2, 0.25) is 0 Å². The van der Waals surface area contributed by atoms with Gasteiger partial charge in [-0.05, 0) is 18.6 Å². The maximum atomic E-state index is 11.4. The van der Waals surface area contributed by atoms with E-state index in [9.17, 15) is 20.0 Å². The molecule has 1 unspecified atom stereocenters. The quantitative estimate of drug-likeness (QED) is 0.546. The van der Waals surface area contributed by atoms with E-state index in [0.717, 1.165) is 0 Å². The maximum Gasteiger partial charge on any atom is 0.319 e. The highest BCUT2D eigenvalue weighted by Gasteiger charge is 2.07. The van der Waals surface area contributed by atoms with Crippen molar-refractivity contribution < 1.29 is 14.8 Å². The molecule has 0 heterocycles. The number of aliphatic hydroxyl groups is 1. The van der Waals surface area contributed by atoms with E-state index in [1.807, 2.05) is 0 Å². The highest BCUT2D eigenvalue weighted by atomic mass is 16.6. The summed E-state index contributed by atoms with van der Waals surface area (Å²) in [6.07, 6.45) is -0.0229. The molecule has 0 aliphatic rings. The predicted molar refractivity (Wildman–Crippen MR) is 66.4 cm³/mol. The number of carbonyl (C=O) groups is 1. The second-order valence-electron chi connectivity index (χ2n) is 3.70. The van der Waals surface area contributed by atoms with Crippen molar-refractivity contribution in [1.82, 2.24) is 5.32 Å². The fourth-order valence-corrected chi connectivity index (χ4v) is 1.20.